The van der Waals surface area contributed by atoms with Crippen LogP contribution in [0.2, 0.25) is 0 Å². The molecule has 2 N–H and O–H groups in total. The highest BCUT2D eigenvalue weighted by molar-refractivity contribution is 7.26. The van der Waals surface area contributed by atoms with Crippen LogP contribution in [-0.2, 0) is 17.6 Å². The van der Waals surface area contributed by atoms with Crippen LogP contribution in [-0.4, -0.2) is 65.0 Å². The van der Waals surface area contributed by atoms with E-state index in [9.17, 15) is 0 Å². The summed E-state index contributed by atoms with van der Waals surface area (Å²) in [4.78, 5) is 8.46. The summed E-state index contributed by atoms with van der Waals surface area (Å²) in [7, 11) is 0. The van der Waals surface area contributed by atoms with E-state index in [2.05, 4.69) is 25.6 Å². The van der Waals surface area contributed by atoms with Crippen LogP contribution in [0, 0.1) is 0 Å². The number of aryl methyl sites for hydroxylation is 1. The maximum atomic E-state index is 9.13. The minimum Gasteiger partial charge on any atom is -0.395 e. The number of hydrogen-bond donors (Lipinski definition) is 2. The number of nitrogens with one attached hydrogen (secondary N) is 1. The lowest BCUT2D eigenvalue weighted by atomic mass is 9.90. The summed E-state index contributed by atoms with van der Waals surface area (Å²) in [5.74, 6) is 1.80. The first-order valence-electron chi connectivity index (χ1n) is 9.51. The molecule has 1 saturated heterocycles. The average molecular weight is 386 g/mol. The normalized spacial score (nSPS) is 17.4. The zero-order valence-electron chi connectivity index (χ0n) is 15.1. The summed E-state index contributed by atoms with van der Waals surface area (Å²) in [6, 6.07) is 0. The molecule has 0 saturated carbocycles. The highest BCUT2D eigenvalue weighted by atomic mass is 32.1. The van der Waals surface area contributed by atoms with Crippen LogP contribution in [0.25, 0.3) is 20.4 Å². The van der Waals surface area contributed by atoms with E-state index in [1.165, 1.54) is 24.0 Å². The molecular weight excluding hydrogens is 364 g/mol. The molecule has 142 valence electrons. The number of ether oxygens (including phenoxy) is 1. The van der Waals surface area contributed by atoms with Crippen LogP contribution in [0.4, 0.5) is 11.6 Å². The lowest BCUT2D eigenvalue weighted by molar-refractivity contribution is 0.122. The van der Waals surface area contributed by atoms with Crippen molar-refractivity contribution in [1.82, 2.24) is 20.4 Å². The molecule has 3 aromatic heterocycles. The lowest BCUT2D eigenvalue weighted by Crippen LogP contribution is -2.37. The quantitative estimate of drug-likeness (QED) is 0.700. The number of aliphatic hydroxyl groups excluding tert-OH is 1. The monoisotopic (exact) mass is 386 g/mol. The fourth-order valence-electron chi connectivity index (χ4n) is 4.09. The lowest BCUT2D eigenvalue weighted by Gasteiger charge is -2.31. The second-order valence-corrected chi connectivity index (χ2v) is 7.95. The van der Waals surface area contributed by atoms with Crippen molar-refractivity contribution in [2.24, 2.45) is 0 Å². The number of aliphatic hydroxyl groups is 1. The summed E-state index contributed by atoms with van der Waals surface area (Å²) >= 11 is 1.61. The molecular formula is C18H22N6O2S. The SMILES string of the molecule is OCCNc1nnnc2c1sc1nc(N3CCOCC3)c3c(c12)CCCC3. The van der Waals surface area contributed by atoms with Gasteiger partial charge in [-0.1, -0.05) is 0 Å². The van der Waals surface area contributed by atoms with Crippen molar-refractivity contribution in [3.8, 4) is 0 Å². The molecule has 1 aliphatic heterocycles. The van der Waals surface area contributed by atoms with Gasteiger partial charge in [-0.15, -0.1) is 21.5 Å². The summed E-state index contributed by atoms with van der Waals surface area (Å²) < 4.78 is 6.50. The molecule has 0 spiro atoms. The minimum absolute atomic E-state index is 0.0468. The van der Waals surface area contributed by atoms with E-state index in [1.807, 2.05) is 0 Å². The van der Waals surface area contributed by atoms with Crippen molar-refractivity contribution in [1.29, 1.82) is 0 Å². The Kier molecular flexibility index (Phi) is 4.50. The fraction of sp³-hybridized carbons (Fsp3) is 0.556. The molecule has 0 unspecified atom stereocenters. The Morgan fingerprint density at radius 2 is 1.93 bits per heavy atom. The number of nitrogens with zero attached hydrogens (tertiary/aromatic N) is 5. The second kappa shape index (κ2) is 7.14. The summed E-state index contributed by atoms with van der Waals surface area (Å²) in [5.41, 5.74) is 3.64. The molecule has 4 heterocycles. The highest BCUT2D eigenvalue weighted by Gasteiger charge is 2.26. The molecule has 0 amide bonds. The standard InChI is InChI=1S/C18H22N6O2S/c25-8-5-19-16-15-14(21-23-22-16)13-11-3-1-2-4-12(11)17(20-18(13)27-15)24-6-9-26-10-7-24/h25H,1-10H2,(H,19,21,22). The Morgan fingerprint density at radius 3 is 2.74 bits per heavy atom. The molecule has 0 radical (unpaired) electrons. The van der Waals surface area contributed by atoms with Gasteiger partial charge in [0.15, 0.2) is 5.82 Å². The van der Waals surface area contributed by atoms with Crippen LogP contribution in [0.5, 0.6) is 0 Å². The molecule has 0 aromatic carbocycles. The van der Waals surface area contributed by atoms with Gasteiger partial charge in [-0.25, -0.2) is 4.98 Å². The van der Waals surface area contributed by atoms with E-state index in [0.717, 1.165) is 65.4 Å². The van der Waals surface area contributed by atoms with Gasteiger partial charge in [-0.2, -0.15) is 0 Å². The molecule has 9 heteroatoms. The Morgan fingerprint density at radius 1 is 1.11 bits per heavy atom. The molecule has 1 aliphatic carbocycles. The van der Waals surface area contributed by atoms with E-state index in [-0.39, 0.29) is 6.61 Å². The maximum absolute atomic E-state index is 9.13. The Bertz CT molecular complexity index is 985. The average Bonchev–Trinajstić information content (AvgIpc) is 3.11. The largest absolute Gasteiger partial charge is 0.395 e. The summed E-state index contributed by atoms with van der Waals surface area (Å²) in [5, 5.41) is 25.9. The van der Waals surface area contributed by atoms with Gasteiger partial charge in [0.2, 0.25) is 0 Å². The van der Waals surface area contributed by atoms with Gasteiger partial charge in [0.1, 0.15) is 20.9 Å². The third-order valence-corrected chi connectivity index (χ3v) is 6.41. The first-order valence-corrected chi connectivity index (χ1v) is 10.3. The Labute approximate surface area is 160 Å². The molecule has 3 aromatic rings. The van der Waals surface area contributed by atoms with Crippen LogP contribution < -0.4 is 10.2 Å². The third kappa shape index (κ3) is 2.90. The van der Waals surface area contributed by atoms with Gasteiger partial charge in [0.25, 0.3) is 0 Å². The zero-order valence-corrected chi connectivity index (χ0v) is 15.9. The number of aromatic nitrogens is 4. The fourth-order valence-corrected chi connectivity index (χ4v) is 5.19. The van der Waals surface area contributed by atoms with Crippen LogP contribution in [0.3, 0.4) is 0 Å². The van der Waals surface area contributed by atoms with E-state index >= 15 is 0 Å². The predicted molar refractivity (Wildman–Crippen MR) is 106 cm³/mol. The summed E-state index contributed by atoms with van der Waals surface area (Å²) in [6.07, 6.45) is 4.52. The molecule has 27 heavy (non-hydrogen) atoms. The highest BCUT2D eigenvalue weighted by Crippen LogP contribution is 2.42. The Hall–Kier alpha value is -2.10. The van der Waals surface area contributed by atoms with E-state index in [4.69, 9.17) is 14.8 Å². The third-order valence-electron chi connectivity index (χ3n) is 5.33. The van der Waals surface area contributed by atoms with Gasteiger partial charge in [0.05, 0.1) is 19.8 Å². The second-order valence-electron chi connectivity index (χ2n) is 6.95. The molecule has 1 fully saturated rings. The van der Waals surface area contributed by atoms with Crippen molar-refractivity contribution < 1.29 is 9.84 Å². The van der Waals surface area contributed by atoms with Crippen molar-refractivity contribution in [3.63, 3.8) is 0 Å². The molecule has 8 nitrogen and oxygen atoms in total. The number of morpholine rings is 1. The Balaban J connectivity index is 1.73. The number of fused-ring (bicyclic) bond motifs is 5. The van der Waals surface area contributed by atoms with Gasteiger partial charge in [-0.05, 0) is 42.0 Å². The molecule has 0 atom stereocenters. The van der Waals surface area contributed by atoms with Crippen molar-refractivity contribution in [2.75, 3.05) is 49.7 Å². The topological polar surface area (TPSA) is 96.3 Å². The molecule has 0 bridgehead atoms. The van der Waals surface area contributed by atoms with E-state index in [0.29, 0.717) is 12.4 Å². The number of hydrogen-bond acceptors (Lipinski definition) is 9. The number of anilines is 2. The maximum Gasteiger partial charge on any atom is 0.170 e. The first-order chi connectivity index (χ1) is 13.4. The number of pyridine rings is 1. The zero-order chi connectivity index (χ0) is 18.2. The number of thiophene rings is 1. The molecule has 5 rings (SSSR count). The van der Waals surface area contributed by atoms with E-state index < -0.39 is 0 Å². The first kappa shape index (κ1) is 17.0. The molecule has 2 aliphatic rings. The van der Waals surface area contributed by atoms with Gasteiger partial charge >= 0.3 is 0 Å². The smallest absolute Gasteiger partial charge is 0.170 e. The number of rotatable bonds is 4. The van der Waals surface area contributed by atoms with Crippen LogP contribution in [0.15, 0.2) is 0 Å². The summed E-state index contributed by atoms with van der Waals surface area (Å²) in [6.45, 7) is 3.77. The van der Waals surface area contributed by atoms with Gasteiger partial charge in [0, 0.05) is 25.0 Å². The minimum atomic E-state index is 0.0468. The predicted octanol–water partition coefficient (Wildman–Crippen LogP) is 1.75. The van der Waals surface area contributed by atoms with Crippen molar-refractivity contribution >= 4 is 43.4 Å². The van der Waals surface area contributed by atoms with Gasteiger partial charge in [-0.3, -0.25) is 0 Å². The van der Waals surface area contributed by atoms with Crippen LogP contribution in [0.1, 0.15) is 24.0 Å². The van der Waals surface area contributed by atoms with Crippen molar-refractivity contribution in [3.05, 3.63) is 11.1 Å². The van der Waals surface area contributed by atoms with Gasteiger partial charge < -0.3 is 20.1 Å². The van der Waals surface area contributed by atoms with Crippen molar-refractivity contribution in [2.45, 2.75) is 25.7 Å². The van der Waals surface area contributed by atoms with Crippen LogP contribution >= 0.6 is 11.3 Å². The van der Waals surface area contributed by atoms with E-state index in [1.54, 1.807) is 11.3 Å².